The Labute approximate surface area is 116 Å². The zero-order chi connectivity index (χ0) is 12.5. The SMILES string of the molecule is Fc1cccc(CN2CCNC(C3CC3)C2)c1Br. The van der Waals surface area contributed by atoms with E-state index in [9.17, 15) is 4.39 Å². The minimum absolute atomic E-state index is 0.165. The number of rotatable bonds is 3. The highest BCUT2D eigenvalue weighted by Gasteiger charge is 2.33. The molecular formula is C14H18BrFN2. The lowest BCUT2D eigenvalue weighted by Crippen LogP contribution is -2.51. The molecule has 1 aromatic rings. The van der Waals surface area contributed by atoms with Crippen molar-refractivity contribution in [3.05, 3.63) is 34.1 Å². The molecule has 1 N–H and O–H groups in total. The van der Waals surface area contributed by atoms with E-state index in [-0.39, 0.29) is 5.82 Å². The van der Waals surface area contributed by atoms with Crippen LogP contribution in [0.1, 0.15) is 18.4 Å². The van der Waals surface area contributed by atoms with E-state index in [1.165, 1.54) is 18.9 Å². The van der Waals surface area contributed by atoms with E-state index in [0.717, 1.165) is 37.7 Å². The first kappa shape index (κ1) is 12.6. The second-order valence-corrected chi connectivity index (χ2v) is 6.14. The van der Waals surface area contributed by atoms with Crippen molar-refractivity contribution in [1.82, 2.24) is 10.2 Å². The minimum atomic E-state index is -0.165. The van der Waals surface area contributed by atoms with Gasteiger partial charge < -0.3 is 5.32 Å². The van der Waals surface area contributed by atoms with Crippen LogP contribution in [0.3, 0.4) is 0 Å². The maximum Gasteiger partial charge on any atom is 0.137 e. The molecule has 2 nitrogen and oxygen atoms in total. The average molecular weight is 313 g/mol. The lowest BCUT2D eigenvalue weighted by molar-refractivity contribution is 0.181. The molecule has 98 valence electrons. The summed E-state index contributed by atoms with van der Waals surface area (Å²) in [6.45, 7) is 4.02. The summed E-state index contributed by atoms with van der Waals surface area (Å²) in [5.41, 5.74) is 1.05. The van der Waals surface area contributed by atoms with Gasteiger partial charge in [0.05, 0.1) is 4.47 Å². The van der Waals surface area contributed by atoms with Gasteiger partial charge in [0.1, 0.15) is 5.82 Å². The molecule has 3 rings (SSSR count). The van der Waals surface area contributed by atoms with E-state index < -0.39 is 0 Å². The fraction of sp³-hybridized carbons (Fsp3) is 0.571. The van der Waals surface area contributed by atoms with Crippen LogP contribution in [0.25, 0.3) is 0 Å². The van der Waals surface area contributed by atoms with Crippen LogP contribution in [-0.2, 0) is 6.54 Å². The van der Waals surface area contributed by atoms with E-state index in [1.807, 2.05) is 6.07 Å². The number of nitrogens with zero attached hydrogens (tertiary/aromatic N) is 1. The van der Waals surface area contributed by atoms with Crippen LogP contribution in [0.2, 0.25) is 0 Å². The highest BCUT2D eigenvalue weighted by atomic mass is 79.9. The Hall–Kier alpha value is -0.450. The van der Waals surface area contributed by atoms with Gasteiger partial charge in [-0.2, -0.15) is 0 Å². The third kappa shape index (κ3) is 2.76. The Kier molecular flexibility index (Phi) is 3.68. The topological polar surface area (TPSA) is 15.3 Å². The Morgan fingerprint density at radius 3 is 3.00 bits per heavy atom. The Morgan fingerprint density at radius 1 is 1.39 bits per heavy atom. The van der Waals surface area contributed by atoms with Crippen molar-refractivity contribution in [3.63, 3.8) is 0 Å². The number of hydrogen-bond acceptors (Lipinski definition) is 2. The zero-order valence-corrected chi connectivity index (χ0v) is 11.9. The minimum Gasteiger partial charge on any atom is -0.311 e. The maximum absolute atomic E-state index is 13.5. The maximum atomic E-state index is 13.5. The van der Waals surface area contributed by atoms with E-state index >= 15 is 0 Å². The van der Waals surface area contributed by atoms with Gasteiger partial charge in [0.2, 0.25) is 0 Å². The number of benzene rings is 1. The standard InChI is InChI=1S/C14H18BrFN2/c15-14-11(2-1-3-12(14)16)8-18-7-6-17-13(9-18)10-4-5-10/h1-3,10,13,17H,4-9H2. The Bertz CT molecular complexity index is 434. The summed E-state index contributed by atoms with van der Waals surface area (Å²) in [5, 5.41) is 3.60. The van der Waals surface area contributed by atoms with Crippen molar-refractivity contribution in [2.45, 2.75) is 25.4 Å². The average Bonchev–Trinajstić information content (AvgIpc) is 3.20. The van der Waals surface area contributed by atoms with Crippen LogP contribution >= 0.6 is 15.9 Å². The van der Waals surface area contributed by atoms with E-state index in [2.05, 4.69) is 26.1 Å². The monoisotopic (exact) mass is 312 g/mol. The molecule has 1 aromatic carbocycles. The summed E-state index contributed by atoms with van der Waals surface area (Å²) in [4.78, 5) is 2.43. The van der Waals surface area contributed by atoms with Gasteiger partial charge in [0.15, 0.2) is 0 Å². The molecule has 2 fully saturated rings. The van der Waals surface area contributed by atoms with Crippen molar-refractivity contribution in [2.24, 2.45) is 5.92 Å². The fourth-order valence-electron chi connectivity index (χ4n) is 2.71. The number of piperazine rings is 1. The molecule has 2 aliphatic rings. The molecule has 1 unspecified atom stereocenters. The molecule has 4 heteroatoms. The molecule has 1 saturated heterocycles. The second-order valence-electron chi connectivity index (χ2n) is 5.35. The van der Waals surface area contributed by atoms with Crippen molar-refractivity contribution in [3.8, 4) is 0 Å². The third-order valence-electron chi connectivity index (χ3n) is 3.91. The van der Waals surface area contributed by atoms with Crippen LogP contribution in [0, 0.1) is 11.7 Å². The Morgan fingerprint density at radius 2 is 2.22 bits per heavy atom. The predicted molar refractivity (Wildman–Crippen MR) is 73.9 cm³/mol. The summed E-state index contributed by atoms with van der Waals surface area (Å²) in [7, 11) is 0. The van der Waals surface area contributed by atoms with Crippen LogP contribution < -0.4 is 5.32 Å². The van der Waals surface area contributed by atoms with Gasteiger partial charge in [0.25, 0.3) is 0 Å². The number of hydrogen-bond donors (Lipinski definition) is 1. The van der Waals surface area contributed by atoms with Gasteiger partial charge in [0, 0.05) is 32.2 Å². The molecule has 0 bridgehead atoms. The predicted octanol–water partition coefficient (Wildman–Crippen LogP) is 2.77. The smallest absolute Gasteiger partial charge is 0.137 e. The summed E-state index contributed by atoms with van der Waals surface area (Å²) in [5.74, 6) is 0.713. The van der Waals surface area contributed by atoms with Crippen molar-refractivity contribution in [2.75, 3.05) is 19.6 Å². The summed E-state index contributed by atoms with van der Waals surface area (Å²) < 4.78 is 14.1. The summed E-state index contributed by atoms with van der Waals surface area (Å²) >= 11 is 3.35. The molecule has 0 radical (unpaired) electrons. The van der Waals surface area contributed by atoms with Gasteiger partial charge in [-0.3, -0.25) is 4.90 Å². The Balaban J connectivity index is 1.66. The van der Waals surface area contributed by atoms with Crippen molar-refractivity contribution >= 4 is 15.9 Å². The normalized spacial score (nSPS) is 25.3. The molecule has 18 heavy (non-hydrogen) atoms. The van der Waals surface area contributed by atoms with E-state index in [4.69, 9.17) is 0 Å². The fourth-order valence-corrected chi connectivity index (χ4v) is 3.10. The van der Waals surface area contributed by atoms with Crippen molar-refractivity contribution in [1.29, 1.82) is 0 Å². The van der Waals surface area contributed by atoms with Gasteiger partial charge in [-0.1, -0.05) is 12.1 Å². The molecule has 1 atom stereocenters. The van der Waals surface area contributed by atoms with Crippen LogP contribution in [-0.4, -0.2) is 30.6 Å². The molecule has 0 spiro atoms. The number of halogens is 2. The van der Waals surface area contributed by atoms with Gasteiger partial charge in [-0.25, -0.2) is 4.39 Å². The first-order chi connectivity index (χ1) is 8.74. The zero-order valence-electron chi connectivity index (χ0n) is 10.3. The molecule has 0 amide bonds. The molecular weight excluding hydrogens is 295 g/mol. The van der Waals surface area contributed by atoms with Crippen molar-refractivity contribution < 1.29 is 4.39 Å². The van der Waals surface area contributed by atoms with E-state index in [1.54, 1.807) is 6.07 Å². The van der Waals surface area contributed by atoms with Crippen LogP contribution in [0.5, 0.6) is 0 Å². The van der Waals surface area contributed by atoms with Gasteiger partial charge in [-0.05, 0) is 46.3 Å². The van der Waals surface area contributed by atoms with Gasteiger partial charge >= 0.3 is 0 Å². The molecule has 1 aliphatic carbocycles. The summed E-state index contributed by atoms with van der Waals surface area (Å²) in [6, 6.07) is 5.93. The third-order valence-corrected chi connectivity index (χ3v) is 4.79. The van der Waals surface area contributed by atoms with Crippen LogP contribution in [0.15, 0.2) is 22.7 Å². The molecule has 1 saturated carbocycles. The lowest BCUT2D eigenvalue weighted by atomic mass is 10.1. The summed E-state index contributed by atoms with van der Waals surface area (Å²) in [6.07, 6.45) is 2.74. The second kappa shape index (κ2) is 5.27. The first-order valence-electron chi connectivity index (χ1n) is 6.62. The number of nitrogens with one attached hydrogen (secondary N) is 1. The first-order valence-corrected chi connectivity index (χ1v) is 7.42. The largest absolute Gasteiger partial charge is 0.311 e. The highest BCUT2D eigenvalue weighted by molar-refractivity contribution is 9.10. The lowest BCUT2D eigenvalue weighted by Gasteiger charge is -2.34. The quantitative estimate of drug-likeness (QED) is 0.923. The van der Waals surface area contributed by atoms with E-state index in [0.29, 0.717) is 10.5 Å². The van der Waals surface area contributed by atoms with Crippen LogP contribution in [0.4, 0.5) is 4.39 Å². The molecule has 0 aromatic heterocycles. The molecule has 1 aliphatic heterocycles. The van der Waals surface area contributed by atoms with Gasteiger partial charge in [-0.15, -0.1) is 0 Å². The highest BCUT2D eigenvalue weighted by Crippen LogP contribution is 2.34. The molecule has 1 heterocycles.